The number of aromatic nitrogens is 2. The molecular weight excluding hydrogens is 454 g/mol. The third-order valence-electron chi connectivity index (χ3n) is 6.36. The molecule has 2 aromatic carbocycles. The molecule has 3 aromatic rings. The summed E-state index contributed by atoms with van der Waals surface area (Å²) in [4.78, 5) is 27.9. The highest BCUT2D eigenvalue weighted by Crippen LogP contribution is 2.35. The van der Waals surface area contributed by atoms with Crippen molar-refractivity contribution in [2.45, 2.75) is 31.6 Å². The second kappa shape index (κ2) is 8.00. The van der Waals surface area contributed by atoms with Crippen LogP contribution in [0.5, 0.6) is 0 Å². The van der Waals surface area contributed by atoms with E-state index in [2.05, 4.69) is 10.4 Å². The number of aryl methyl sites for hydroxylation is 1. The number of fused-ring (bicyclic) bond motifs is 2. The van der Waals surface area contributed by atoms with Gasteiger partial charge in [-0.15, -0.1) is 0 Å². The van der Waals surface area contributed by atoms with Crippen molar-refractivity contribution in [3.63, 3.8) is 0 Å². The van der Waals surface area contributed by atoms with Gasteiger partial charge in [-0.25, -0.2) is 4.39 Å². The summed E-state index contributed by atoms with van der Waals surface area (Å²) in [5, 5.41) is 7.70. The molecule has 3 heterocycles. The molecule has 0 radical (unpaired) electrons. The summed E-state index contributed by atoms with van der Waals surface area (Å²) in [5.74, 6) is -1.66. The molecule has 0 saturated carbocycles. The largest absolute Gasteiger partial charge is 0.408 e. The van der Waals surface area contributed by atoms with Crippen molar-refractivity contribution in [3.05, 3.63) is 53.5 Å². The van der Waals surface area contributed by atoms with Crippen molar-refractivity contribution in [2.24, 2.45) is 7.05 Å². The van der Waals surface area contributed by atoms with Gasteiger partial charge in [0, 0.05) is 31.2 Å². The van der Waals surface area contributed by atoms with Crippen LogP contribution in [0, 0.1) is 5.82 Å². The molecule has 178 valence electrons. The van der Waals surface area contributed by atoms with Crippen LogP contribution in [0.2, 0.25) is 0 Å². The highest BCUT2D eigenvalue weighted by Gasteiger charge is 2.48. The third-order valence-corrected chi connectivity index (χ3v) is 6.36. The molecule has 0 aliphatic carbocycles. The van der Waals surface area contributed by atoms with Crippen molar-refractivity contribution < 1.29 is 27.2 Å². The molecule has 1 unspecified atom stereocenters. The standard InChI is InChI=1S/C23H21F4N5O2/c1-30-21-14(10-28-30)8-15(9-16(21)24)29-17-5-2-4-13-11-31(22(34)20(13)17)12-19(33)32-7-3-6-18(32)23(25,26)27/h2,4-5,8-10,18,29H,3,6-7,11-12H2,1H3. The zero-order valence-electron chi connectivity index (χ0n) is 18.2. The molecular formula is C23H21F4N5O2. The topological polar surface area (TPSA) is 70.5 Å². The Bertz CT molecular complexity index is 1300. The van der Waals surface area contributed by atoms with Gasteiger partial charge >= 0.3 is 6.18 Å². The molecule has 7 nitrogen and oxygen atoms in total. The number of hydrogen-bond acceptors (Lipinski definition) is 4. The van der Waals surface area contributed by atoms with Crippen LogP contribution >= 0.6 is 0 Å². The first-order valence-corrected chi connectivity index (χ1v) is 10.8. The molecule has 2 aliphatic heterocycles. The van der Waals surface area contributed by atoms with Crippen LogP contribution < -0.4 is 5.32 Å². The lowest BCUT2D eigenvalue weighted by Crippen LogP contribution is -2.48. The molecule has 0 spiro atoms. The van der Waals surface area contributed by atoms with E-state index in [1.54, 1.807) is 31.3 Å². The first kappa shape index (κ1) is 22.2. The van der Waals surface area contributed by atoms with Gasteiger partial charge in [-0.05, 0) is 36.6 Å². The van der Waals surface area contributed by atoms with Gasteiger partial charge in [0.25, 0.3) is 5.91 Å². The number of rotatable bonds is 4. The summed E-state index contributed by atoms with van der Waals surface area (Å²) in [6.07, 6.45) is -2.82. The van der Waals surface area contributed by atoms with Gasteiger partial charge in [-0.3, -0.25) is 14.3 Å². The highest BCUT2D eigenvalue weighted by atomic mass is 19.4. The summed E-state index contributed by atoms with van der Waals surface area (Å²) in [6, 6.07) is 6.30. The van der Waals surface area contributed by atoms with Crippen LogP contribution in [0.4, 0.5) is 28.9 Å². The van der Waals surface area contributed by atoms with E-state index in [9.17, 15) is 27.2 Å². The minimum atomic E-state index is -4.49. The minimum Gasteiger partial charge on any atom is -0.355 e. The Hall–Kier alpha value is -3.63. The lowest BCUT2D eigenvalue weighted by Gasteiger charge is -2.28. The van der Waals surface area contributed by atoms with Crippen LogP contribution in [0.15, 0.2) is 36.5 Å². The van der Waals surface area contributed by atoms with Gasteiger partial charge in [0.05, 0.1) is 17.4 Å². The maximum absolute atomic E-state index is 14.6. The highest BCUT2D eigenvalue weighted by molar-refractivity contribution is 6.05. The molecule has 0 bridgehead atoms. The van der Waals surface area contributed by atoms with Crippen LogP contribution in [-0.4, -0.2) is 56.7 Å². The third kappa shape index (κ3) is 3.74. The summed E-state index contributed by atoms with van der Waals surface area (Å²) < 4.78 is 55.7. The number of nitrogens with one attached hydrogen (secondary N) is 1. The van der Waals surface area contributed by atoms with Crippen LogP contribution in [0.3, 0.4) is 0 Å². The van der Waals surface area contributed by atoms with E-state index in [0.717, 1.165) is 4.90 Å². The normalized spacial score (nSPS) is 18.1. The second-order valence-electron chi connectivity index (χ2n) is 8.58. The average molecular weight is 475 g/mol. The lowest BCUT2D eigenvalue weighted by atomic mass is 10.1. The minimum absolute atomic E-state index is 0.0210. The second-order valence-corrected chi connectivity index (χ2v) is 8.58. The molecule has 1 N–H and O–H groups in total. The predicted molar refractivity (Wildman–Crippen MR) is 116 cm³/mol. The van der Waals surface area contributed by atoms with E-state index in [0.29, 0.717) is 33.4 Å². The number of carbonyl (C=O) groups is 2. The fraction of sp³-hybridized carbons (Fsp3) is 0.348. The van der Waals surface area contributed by atoms with Crippen molar-refractivity contribution in [2.75, 3.05) is 18.4 Å². The molecule has 1 fully saturated rings. The summed E-state index contributed by atoms with van der Waals surface area (Å²) in [6.45, 7) is -0.307. The molecule has 34 heavy (non-hydrogen) atoms. The number of hydrogen-bond donors (Lipinski definition) is 1. The zero-order chi connectivity index (χ0) is 24.2. The van der Waals surface area contributed by atoms with Gasteiger partial charge in [0.15, 0.2) is 5.82 Å². The lowest BCUT2D eigenvalue weighted by molar-refractivity contribution is -0.182. The Morgan fingerprint density at radius 3 is 2.82 bits per heavy atom. The number of carbonyl (C=O) groups excluding carboxylic acids is 2. The Morgan fingerprint density at radius 2 is 2.06 bits per heavy atom. The van der Waals surface area contributed by atoms with E-state index < -0.39 is 36.4 Å². The van der Waals surface area contributed by atoms with Gasteiger partial charge in [-0.1, -0.05) is 12.1 Å². The fourth-order valence-electron chi connectivity index (χ4n) is 4.81. The molecule has 2 aliphatic rings. The molecule has 5 rings (SSSR count). The maximum atomic E-state index is 14.6. The first-order valence-electron chi connectivity index (χ1n) is 10.8. The molecule has 2 amide bonds. The Kier molecular flexibility index (Phi) is 5.22. The number of nitrogens with zero attached hydrogens (tertiary/aromatic N) is 4. The van der Waals surface area contributed by atoms with E-state index in [1.807, 2.05) is 0 Å². The number of benzene rings is 2. The Balaban J connectivity index is 1.36. The van der Waals surface area contributed by atoms with Crippen molar-refractivity contribution in [1.82, 2.24) is 19.6 Å². The quantitative estimate of drug-likeness (QED) is 0.580. The summed E-state index contributed by atoms with van der Waals surface area (Å²) in [5.41, 5.74) is 2.15. The van der Waals surface area contributed by atoms with Gasteiger partial charge < -0.3 is 15.1 Å². The molecule has 1 atom stereocenters. The zero-order valence-corrected chi connectivity index (χ0v) is 18.2. The van der Waals surface area contributed by atoms with Gasteiger partial charge in [0.2, 0.25) is 5.91 Å². The van der Waals surface area contributed by atoms with Gasteiger partial charge in [0.1, 0.15) is 18.1 Å². The number of alkyl halides is 3. The fourth-order valence-corrected chi connectivity index (χ4v) is 4.81. The number of likely N-dealkylation sites (tertiary alicyclic amines) is 1. The predicted octanol–water partition coefficient (Wildman–Crippen LogP) is 3.97. The van der Waals surface area contributed by atoms with E-state index in [4.69, 9.17) is 0 Å². The smallest absolute Gasteiger partial charge is 0.355 e. The van der Waals surface area contributed by atoms with Crippen LogP contribution in [0.1, 0.15) is 28.8 Å². The molecule has 11 heteroatoms. The van der Waals surface area contributed by atoms with Crippen molar-refractivity contribution >= 4 is 34.1 Å². The van der Waals surface area contributed by atoms with Crippen LogP contribution in [0.25, 0.3) is 10.9 Å². The molecule has 1 aromatic heterocycles. The average Bonchev–Trinajstić information content (AvgIpc) is 3.47. The van der Waals surface area contributed by atoms with E-state index >= 15 is 0 Å². The van der Waals surface area contributed by atoms with E-state index in [1.165, 1.54) is 21.8 Å². The monoisotopic (exact) mass is 475 g/mol. The number of anilines is 2. The number of halogens is 4. The number of amides is 2. The summed E-state index contributed by atoms with van der Waals surface area (Å²) >= 11 is 0. The molecule has 1 saturated heterocycles. The van der Waals surface area contributed by atoms with Crippen molar-refractivity contribution in [3.8, 4) is 0 Å². The Morgan fingerprint density at radius 1 is 1.26 bits per heavy atom. The maximum Gasteiger partial charge on any atom is 0.408 e. The van der Waals surface area contributed by atoms with Gasteiger partial charge in [-0.2, -0.15) is 18.3 Å². The van der Waals surface area contributed by atoms with Crippen LogP contribution in [-0.2, 0) is 18.4 Å². The summed E-state index contributed by atoms with van der Waals surface area (Å²) in [7, 11) is 1.64. The van der Waals surface area contributed by atoms with Crippen molar-refractivity contribution in [1.29, 1.82) is 0 Å². The van der Waals surface area contributed by atoms with E-state index in [-0.39, 0.29) is 25.9 Å². The SMILES string of the molecule is Cn1ncc2cc(Nc3cccc4c3C(=O)N(CC(=O)N3CCCC3C(F)(F)F)C4)cc(F)c21. The Labute approximate surface area is 191 Å². The first-order chi connectivity index (χ1) is 16.1.